The normalized spacial score (nSPS) is 17.1. The molecule has 102 valence electrons. The van der Waals surface area contributed by atoms with Gasteiger partial charge in [0.2, 0.25) is 0 Å². The Hall–Kier alpha value is -1.24. The fraction of sp³-hybridized carbons (Fsp3) is 0.538. The number of nitrogens with zero attached hydrogens (tertiary/aromatic N) is 3. The molecule has 2 aromatic heterocycles. The lowest BCUT2D eigenvalue weighted by Gasteiger charge is -2.26. The van der Waals surface area contributed by atoms with Crippen LogP contribution in [0.3, 0.4) is 0 Å². The lowest BCUT2D eigenvalue weighted by molar-refractivity contribution is 0.0369. The van der Waals surface area contributed by atoms with E-state index in [2.05, 4.69) is 19.4 Å². The fourth-order valence-corrected chi connectivity index (χ4v) is 2.76. The van der Waals surface area contributed by atoms with E-state index in [9.17, 15) is 0 Å². The first-order chi connectivity index (χ1) is 9.34. The van der Waals surface area contributed by atoms with Crippen LogP contribution in [0.25, 0.3) is 11.2 Å². The Bertz CT molecular complexity index is 600. The summed E-state index contributed by atoms with van der Waals surface area (Å²) in [6, 6.07) is 3.93. The van der Waals surface area contributed by atoms with Crippen molar-refractivity contribution in [1.82, 2.24) is 19.4 Å². The van der Waals surface area contributed by atoms with Crippen LogP contribution in [0.15, 0.2) is 18.3 Å². The molecule has 1 aliphatic rings. The summed E-state index contributed by atoms with van der Waals surface area (Å²) in [4.78, 5) is 10.0. The topological polar surface area (TPSA) is 46.1 Å². The monoisotopic (exact) mass is 278 g/mol. The summed E-state index contributed by atoms with van der Waals surface area (Å²) in [7, 11) is 0. The molecule has 0 unspecified atom stereocenters. The van der Waals surface area contributed by atoms with Crippen molar-refractivity contribution in [3.8, 4) is 0 Å². The first-order valence-electron chi connectivity index (χ1n) is 6.68. The van der Waals surface area contributed by atoms with Crippen molar-refractivity contribution >= 4 is 23.4 Å². The van der Waals surface area contributed by atoms with Crippen molar-refractivity contribution in [3.63, 3.8) is 0 Å². The predicted octanol–water partition coefficient (Wildman–Crippen LogP) is 1.82. The minimum absolute atomic E-state index is 0.760. The second-order valence-electron chi connectivity index (χ2n) is 4.76. The van der Waals surface area contributed by atoms with Crippen LogP contribution >= 0.6 is 12.2 Å². The molecule has 1 saturated heterocycles. The fourth-order valence-electron chi connectivity index (χ4n) is 2.47. The van der Waals surface area contributed by atoms with Gasteiger partial charge in [-0.3, -0.25) is 4.90 Å². The number of aromatic nitrogens is 3. The number of nitrogens with one attached hydrogen (secondary N) is 1. The van der Waals surface area contributed by atoms with Gasteiger partial charge in [-0.15, -0.1) is 0 Å². The zero-order chi connectivity index (χ0) is 13.1. The Morgan fingerprint density at radius 1 is 1.32 bits per heavy atom. The SMILES string of the molecule is S=c1[nH]c2cccnc2n1CCCN1CCOCC1. The van der Waals surface area contributed by atoms with Crippen LogP contribution < -0.4 is 0 Å². The molecule has 0 atom stereocenters. The minimum Gasteiger partial charge on any atom is -0.379 e. The van der Waals surface area contributed by atoms with Gasteiger partial charge in [-0.1, -0.05) is 0 Å². The smallest absolute Gasteiger partial charge is 0.179 e. The van der Waals surface area contributed by atoms with Gasteiger partial charge in [0.1, 0.15) is 0 Å². The molecule has 0 bridgehead atoms. The summed E-state index contributed by atoms with van der Waals surface area (Å²) in [5.41, 5.74) is 1.97. The Morgan fingerprint density at radius 3 is 3.00 bits per heavy atom. The Kier molecular flexibility index (Phi) is 3.91. The van der Waals surface area contributed by atoms with Gasteiger partial charge in [-0.05, 0) is 30.8 Å². The molecule has 0 saturated carbocycles. The summed E-state index contributed by atoms with van der Waals surface area (Å²) < 4.78 is 8.20. The first kappa shape index (κ1) is 12.8. The number of rotatable bonds is 4. The van der Waals surface area contributed by atoms with Crippen LogP contribution in [0.5, 0.6) is 0 Å². The number of ether oxygens (including phenoxy) is 1. The molecule has 0 amide bonds. The highest BCUT2D eigenvalue weighted by atomic mass is 32.1. The molecule has 3 heterocycles. The van der Waals surface area contributed by atoms with Gasteiger partial charge in [0.25, 0.3) is 0 Å². The van der Waals surface area contributed by atoms with Crippen molar-refractivity contribution < 1.29 is 4.74 Å². The number of aromatic amines is 1. The van der Waals surface area contributed by atoms with E-state index in [1.165, 1.54) is 0 Å². The molecular weight excluding hydrogens is 260 g/mol. The minimum atomic E-state index is 0.760. The van der Waals surface area contributed by atoms with Crippen molar-refractivity contribution in [2.75, 3.05) is 32.8 Å². The highest BCUT2D eigenvalue weighted by molar-refractivity contribution is 7.71. The third kappa shape index (κ3) is 2.86. The van der Waals surface area contributed by atoms with Crippen LogP contribution in [0, 0.1) is 4.77 Å². The largest absolute Gasteiger partial charge is 0.379 e. The van der Waals surface area contributed by atoms with E-state index >= 15 is 0 Å². The summed E-state index contributed by atoms with van der Waals surface area (Å²) in [6.45, 7) is 5.79. The number of fused-ring (bicyclic) bond motifs is 1. The zero-order valence-corrected chi connectivity index (χ0v) is 11.7. The first-order valence-corrected chi connectivity index (χ1v) is 7.09. The van der Waals surface area contributed by atoms with Crippen LogP contribution in [0.1, 0.15) is 6.42 Å². The van der Waals surface area contributed by atoms with Gasteiger partial charge in [-0.25, -0.2) is 4.98 Å². The highest BCUT2D eigenvalue weighted by Gasteiger charge is 2.10. The molecule has 2 aromatic rings. The number of morpholine rings is 1. The molecule has 0 aliphatic carbocycles. The zero-order valence-electron chi connectivity index (χ0n) is 10.8. The van der Waals surface area contributed by atoms with Gasteiger partial charge in [0.05, 0.1) is 18.7 Å². The molecule has 6 heteroatoms. The maximum Gasteiger partial charge on any atom is 0.179 e. The number of pyridine rings is 1. The molecule has 0 spiro atoms. The van der Waals surface area contributed by atoms with Crippen molar-refractivity contribution in [2.45, 2.75) is 13.0 Å². The van der Waals surface area contributed by atoms with Gasteiger partial charge in [0, 0.05) is 32.4 Å². The molecule has 1 N–H and O–H groups in total. The number of hydrogen-bond donors (Lipinski definition) is 1. The molecule has 1 aliphatic heterocycles. The third-order valence-corrected chi connectivity index (χ3v) is 3.81. The molecule has 19 heavy (non-hydrogen) atoms. The average Bonchev–Trinajstić information content (AvgIpc) is 2.76. The van der Waals surface area contributed by atoms with E-state index in [1.807, 2.05) is 18.3 Å². The summed E-state index contributed by atoms with van der Waals surface area (Å²) in [6.07, 6.45) is 2.89. The van der Waals surface area contributed by atoms with Crippen molar-refractivity contribution in [1.29, 1.82) is 0 Å². The molecule has 0 radical (unpaired) electrons. The van der Waals surface area contributed by atoms with Crippen molar-refractivity contribution in [3.05, 3.63) is 23.1 Å². The Balaban J connectivity index is 1.65. The van der Waals surface area contributed by atoms with Crippen LogP contribution in [0.2, 0.25) is 0 Å². The lowest BCUT2D eigenvalue weighted by Crippen LogP contribution is -2.37. The number of imidazole rings is 1. The van der Waals surface area contributed by atoms with E-state index in [4.69, 9.17) is 17.0 Å². The third-order valence-electron chi connectivity index (χ3n) is 3.49. The maximum atomic E-state index is 5.36. The van der Waals surface area contributed by atoms with Crippen LogP contribution in [0.4, 0.5) is 0 Å². The summed E-state index contributed by atoms with van der Waals surface area (Å²) >= 11 is 5.36. The number of H-pyrrole nitrogens is 1. The average molecular weight is 278 g/mol. The van der Waals surface area contributed by atoms with Gasteiger partial charge in [0.15, 0.2) is 10.4 Å². The van der Waals surface area contributed by atoms with E-state index in [0.717, 1.165) is 61.7 Å². The van der Waals surface area contributed by atoms with E-state index < -0.39 is 0 Å². The lowest BCUT2D eigenvalue weighted by atomic mass is 10.3. The van der Waals surface area contributed by atoms with Gasteiger partial charge >= 0.3 is 0 Å². The Morgan fingerprint density at radius 2 is 2.16 bits per heavy atom. The van der Waals surface area contributed by atoms with Crippen LogP contribution in [-0.4, -0.2) is 52.3 Å². The van der Waals surface area contributed by atoms with E-state index in [-0.39, 0.29) is 0 Å². The van der Waals surface area contributed by atoms with E-state index in [0.29, 0.717) is 0 Å². The molecule has 5 nitrogen and oxygen atoms in total. The molecular formula is C13H18N4OS. The Labute approximate surface area is 117 Å². The van der Waals surface area contributed by atoms with Gasteiger partial charge < -0.3 is 14.3 Å². The molecule has 1 fully saturated rings. The number of hydrogen-bond acceptors (Lipinski definition) is 4. The second kappa shape index (κ2) is 5.81. The van der Waals surface area contributed by atoms with Crippen LogP contribution in [-0.2, 0) is 11.3 Å². The summed E-state index contributed by atoms with van der Waals surface area (Å²) in [5, 5.41) is 0. The maximum absolute atomic E-state index is 5.36. The number of aryl methyl sites for hydroxylation is 1. The van der Waals surface area contributed by atoms with E-state index in [1.54, 1.807) is 0 Å². The molecule has 3 rings (SSSR count). The second-order valence-corrected chi connectivity index (χ2v) is 5.15. The standard InChI is InChI=1S/C13H18N4OS/c19-13-15-11-3-1-4-14-12(11)17(13)6-2-5-16-7-9-18-10-8-16/h1,3-4H,2,5-10H2,(H,15,19). The predicted molar refractivity (Wildman–Crippen MR) is 76.8 cm³/mol. The summed E-state index contributed by atoms with van der Waals surface area (Å²) in [5.74, 6) is 0. The van der Waals surface area contributed by atoms with Gasteiger partial charge in [-0.2, -0.15) is 0 Å². The quantitative estimate of drug-likeness (QED) is 0.867. The van der Waals surface area contributed by atoms with Crippen molar-refractivity contribution in [2.24, 2.45) is 0 Å². The highest BCUT2D eigenvalue weighted by Crippen LogP contribution is 2.11. The molecule has 0 aromatic carbocycles.